The number of benzene rings is 1. The van der Waals surface area contributed by atoms with E-state index in [0.717, 1.165) is 18.4 Å². The monoisotopic (exact) mass is 435 g/mol. The van der Waals surface area contributed by atoms with Gasteiger partial charge >= 0.3 is 0 Å². The first-order valence-electron chi connectivity index (χ1n) is 10.8. The van der Waals surface area contributed by atoms with Crippen LogP contribution in [0, 0.1) is 0 Å². The number of nitrogens with one attached hydrogen (secondary N) is 1. The highest BCUT2D eigenvalue weighted by Gasteiger charge is 2.35. The largest absolute Gasteiger partial charge is 0.351 e. The lowest BCUT2D eigenvalue weighted by Crippen LogP contribution is -2.51. The van der Waals surface area contributed by atoms with Gasteiger partial charge in [-0.05, 0) is 49.8 Å². The Bertz CT molecular complexity index is 876. The number of nitrogens with zero attached hydrogens (tertiary/aromatic N) is 2. The Kier molecular flexibility index (Phi) is 6.87. The van der Waals surface area contributed by atoms with E-state index in [1.807, 2.05) is 19.1 Å². The molecule has 0 aliphatic carbocycles. The van der Waals surface area contributed by atoms with E-state index in [0.29, 0.717) is 56.3 Å². The molecule has 7 nitrogen and oxygen atoms in total. The summed E-state index contributed by atoms with van der Waals surface area (Å²) in [5.41, 5.74) is 0.832. The summed E-state index contributed by atoms with van der Waals surface area (Å²) in [5.74, 6) is 0.462. The van der Waals surface area contributed by atoms with Gasteiger partial charge in [0.05, 0.1) is 4.90 Å². The van der Waals surface area contributed by atoms with E-state index < -0.39 is 10.0 Å². The van der Waals surface area contributed by atoms with E-state index in [2.05, 4.69) is 19.2 Å². The second-order valence-corrected chi connectivity index (χ2v) is 10.7. The number of hydrogen-bond donors (Lipinski definition) is 1. The number of rotatable bonds is 7. The van der Waals surface area contributed by atoms with Gasteiger partial charge in [0.25, 0.3) is 0 Å². The van der Waals surface area contributed by atoms with Crippen LogP contribution in [0.3, 0.4) is 0 Å². The first-order chi connectivity index (χ1) is 14.1. The van der Waals surface area contributed by atoms with E-state index in [4.69, 9.17) is 0 Å². The number of hydrogen-bond acceptors (Lipinski definition) is 4. The van der Waals surface area contributed by atoms with Gasteiger partial charge in [0.15, 0.2) is 0 Å². The molecule has 0 aromatic heterocycles. The molecule has 1 aromatic carbocycles. The SMILES string of the molecule is CC[C@H](C)c1ccc(S(=O)(=O)N2CCN(C(=O)CC[C@@]3(C)CCC(=O)N3)CC2)cc1. The van der Waals surface area contributed by atoms with Crippen molar-refractivity contribution in [3.8, 4) is 0 Å². The highest BCUT2D eigenvalue weighted by molar-refractivity contribution is 7.89. The Labute approximate surface area is 179 Å². The van der Waals surface area contributed by atoms with E-state index in [1.54, 1.807) is 17.0 Å². The van der Waals surface area contributed by atoms with E-state index in [1.165, 1.54) is 4.31 Å². The normalized spacial score (nSPS) is 24.0. The van der Waals surface area contributed by atoms with Crippen LogP contribution >= 0.6 is 0 Å². The Morgan fingerprint density at radius 3 is 2.33 bits per heavy atom. The Balaban J connectivity index is 1.54. The molecule has 2 heterocycles. The lowest BCUT2D eigenvalue weighted by Gasteiger charge is -2.34. The molecule has 166 valence electrons. The van der Waals surface area contributed by atoms with E-state index in [9.17, 15) is 18.0 Å². The van der Waals surface area contributed by atoms with Gasteiger partial charge in [-0.25, -0.2) is 8.42 Å². The molecule has 8 heteroatoms. The van der Waals surface area contributed by atoms with Crippen LogP contribution in [0.25, 0.3) is 0 Å². The predicted molar refractivity (Wildman–Crippen MR) is 116 cm³/mol. The summed E-state index contributed by atoms with van der Waals surface area (Å²) in [4.78, 5) is 26.1. The zero-order valence-electron chi connectivity index (χ0n) is 18.2. The highest BCUT2D eigenvalue weighted by Crippen LogP contribution is 2.26. The van der Waals surface area contributed by atoms with Gasteiger partial charge in [0.2, 0.25) is 21.8 Å². The molecule has 2 fully saturated rings. The van der Waals surface area contributed by atoms with Crippen molar-refractivity contribution in [3.05, 3.63) is 29.8 Å². The van der Waals surface area contributed by atoms with E-state index >= 15 is 0 Å². The summed E-state index contributed by atoms with van der Waals surface area (Å²) < 4.78 is 27.4. The molecule has 2 atom stereocenters. The fourth-order valence-electron chi connectivity index (χ4n) is 4.11. The van der Waals surface area contributed by atoms with Gasteiger partial charge in [-0.2, -0.15) is 4.31 Å². The molecular formula is C22H33N3O4S. The van der Waals surface area contributed by atoms with Crippen LogP contribution in [-0.4, -0.2) is 61.2 Å². The van der Waals surface area contributed by atoms with Gasteiger partial charge in [-0.3, -0.25) is 9.59 Å². The first-order valence-corrected chi connectivity index (χ1v) is 12.3. The second kappa shape index (κ2) is 9.06. The van der Waals surface area contributed by atoms with Crippen molar-refractivity contribution in [2.45, 2.75) is 69.2 Å². The van der Waals surface area contributed by atoms with Gasteiger partial charge < -0.3 is 10.2 Å². The average Bonchev–Trinajstić information content (AvgIpc) is 3.10. The zero-order chi connectivity index (χ0) is 21.9. The minimum atomic E-state index is -3.55. The summed E-state index contributed by atoms with van der Waals surface area (Å²) in [6.45, 7) is 7.60. The van der Waals surface area contributed by atoms with Crippen molar-refractivity contribution in [2.24, 2.45) is 0 Å². The molecule has 2 amide bonds. The average molecular weight is 436 g/mol. The van der Waals surface area contributed by atoms with Crippen LogP contribution < -0.4 is 5.32 Å². The molecule has 2 aliphatic rings. The van der Waals surface area contributed by atoms with Crippen LogP contribution in [0.4, 0.5) is 0 Å². The minimum Gasteiger partial charge on any atom is -0.351 e. The lowest BCUT2D eigenvalue weighted by atomic mass is 9.94. The van der Waals surface area contributed by atoms with Crippen molar-refractivity contribution < 1.29 is 18.0 Å². The summed E-state index contributed by atoms with van der Waals surface area (Å²) >= 11 is 0. The van der Waals surface area contributed by atoms with Crippen molar-refractivity contribution in [1.29, 1.82) is 0 Å². The van der Waals surface area contributed by atoms with Crippen molar-refractivity contribution in [3.63, 3.8) is 0 Å². The summed E-state index contributed by atoms with van der Waals surface area (Å²) in [7, 11) is -3.55. The van der Waals surface area contributed by atoms with Crippen LogP contribution in [0.15, 0.2) is 29.2 Å². The Morgan fingerprint density at radius 2 is 1.80 bits per heavy atom. The maximum atomic E-state index is 13.0. The topological polar surface area (TPSA) is 86.8 Å². The number of sulfonamides is 1. The third kappa shape index (κ3) is 5.03. The first kappa shape index (κ1) is 22.7. The number of piperazine rings is 1. The molecule has 30 heavy (non-hydrogen) atoms. The highest BCUT2D eigenvalue weighted by atomic mass is 32.2. The number of carbonyl (C=O) groups is 2. The second-order valence-electron chi connectivity index (χ2n) is 8.77. The summed E-state index contributed by atoms with van der Waals surface area (Å²) in [6, 6.07) is 7.16. The van der Waals surface area contributed by atoms with Gasteiger partial charge in [0.1, 0.15) is 0 Å². The van der Waals surface area contributed by atoms with Crippen LogP contribution in [0.5, 0.6) is 0 Å². The Morgan fingerprint density at radius 1 is 1.17 bits per heavy atom. The summed E-state index contributed by atoms with van der Waals surface area (Å²) in [5, 5.41) is 2.95. The maximum absolute atomic E-state index is 13.0. The molecule has 2 saturated heterocycles. The number of carbonyl (C=O) groups excluding carboxylic acids is 2. The third-order valence-electron chi connectivity index (χ3n) is 6.53. The standard InChI is InChI=1S/C22H33N3O4S/c1-4-17(2)18-5-7-19(8-6-18)30(28,29)25-15-13-24(14-16-25)21(27)10-12-22(3)11-9-20(26)23-22/h5-8,17H,4,9-16H2,1-3H3,(H,23,26)/t17-,22+/m0/s1. The minimum absolute atomic E-state index is 0.0207. The molecule has 3 rings (SSSR count). The molecule has 0 bridgehead atoms. The fraction of sp³-hybridized carbons (Fsp3) is 0.636. The van der Waals surface area contributed by atoms with E-state index in [-0.39, 0.29) is 17.4 Å². The molecule has 0 spiro atoms. The molecular weight excluding hydrogens is 402 g/mol. The van der Waals surface area contributed by atoms with Gasteiger partial charge in [0, 0.05) is 44.6 Å². The van der Waals surface area contributed by atoms with Crippen LogP contribution in [-0.2, 0) is 19.6 Å². The van der Waals surface area contributed by atoms with Gasteiger partial charge in [-0.1, -0.05) is 26.0 Å². The molecule has 0 saturated carbocycles. The molecule has 0 radical (unpaired) electrons. The Hall–Kier alpha value is -1.93. The van der Waals surface area contributed by atoms with Crippen molar-refractivity contribution in [1.82, 2.24) is 14.5 Å². The van der Waals surface area contributed by atoms with Crippen molar-refractivity contribution >= 4 is 21.8 Å². The lowest BCUT2D eigenvalue weighted by molar-refractivity contribution is -0.133. The quantitative estimate of drug-likeness (QED) is 0.713. The molecule has 0 unspecified atom stereocenters. The van der Waals surface area contributed by atoms with Gasteiger partial charge in [-0.15, -0.1) is 0 Å². The van der Waals surface area contributed by atoms with Crippen LogP contribution in [0.1, 0.15) is 64.4 Å². The predicted octanol–water partition coefficient (Wildman–Crippen LogP) is 2.48. The summed E-state index contributed by atoms with van der Waals surface area (Å²) in [6.07, 6.45) is 3.24. The fourth-order valence-corrected chi connectivity index (χ4v) is 5.53. The molecule has 2 aliphatic heterocycles. The molecule has 1 N–H and O–H groups in total. The smallest absolute Gasteiger partial charge is 0.243 e. The molecule has 1 aromatic rings. The third-order valence-corrected chi connectivity index (χ3v) is 8.44. The maximum Gasteiger partial charge on any atom is 0.243 e. The van der Waals surface area contributed by atoms with Crippen molar-refractivity contribution in [2.75, 3.05) is 26.2 Å². The number of amides is 2. The van der Waals surface area contributed by atoms with Crippen LogP contribution in [0.2, 0.25) is 0 Å². The zero-order valence-corrected chi connectivity index (χ0v) is 19.0.